The Morgan fingerprint density at radius 2 is 2.25 bits per heavy atom. The molecule has 4 nitrogen and oxygen atoms in total. The summed E-state index contributed by atoms with van der Waals surface area (Å²) in [5, 5.41) is 2.74. The van der Waals surface area contributed by atoms with E-state index in [9.17, 15) is 9.18 Å². The van der Waals surface area contributed by atoms with Crippen LogP contribution in [0.1, 0.15) is 26.2 Å². The maximum absolute atomic E-state index is 13.0. The standard InChI is InChI=1S/C15H22FN3O/c1-10(11-3-4-11)19(2)8-7-15(20)18-12-5-6-13(16)14(17)9-12/h5-6,9-11H,3-4,7-8,17H2,1-2H3,(H,18,20). The first-order valence-corrected chi connectivity index (χ1v) is 7.02. The molecule has 1 fully saturated rings. The van der Waals surface area contributed by atoms with E-state index < -0.39 is 5.82 Å². The van der Waals surface area contributed by atoms with Crippen LogP contribution in [0.15, 0.2) is 18.2 Å². The average molecular weight is 279 g/mol. The largest absolute Gasteiger partial charge is 0.396 e. The highest BCUT2D eigenvalue weighted by atomic mass is 19.1. The zero-order valence-corrected chi connectivity index (χ0v) is 12.0. The molecule has 1 aliphatic rings. The van der Waals surface area contributed by atoms with Gasteiger partial charge in [0.25, 0.3) is 0 Å². The number of rotatable bonds is 6. The first-order valence-electron chi connectivity index (χ1n) is 7.02. The molecule has 1 aliphatic carbocycles. The molecule has 0 bridgehead atoms. The quantitative estimate of drug-likeness (QED) is 0.786. The van der Waals surface area contributed by atoms with E-state index >= 15 is 0 Å². The van der Waals surface area contributed by atoms with Crippen LogP contribution in [0.4, 0.5) is 15.8 Å². The maximum atomic E-state index is 13.0. The number of nitrogens with one attached hydrogen (secondary N) is 1. The first-order chi connectivity index (χ1) is 9.47. The van der Waals surface area contributed by atoms with Crippen molar-refractivity contribution in [3.63, 3.8) is 0 Å². The van der Waals surface area contributed by atoms with Gasteiger partial charge in [-0.3, -0.25) is 4.79 Å². The van der Waals surface area contributed by atoms with Crippen LogP contribution >= 0.6 is 0 Å². The van der Waals surface area contributed by atoms with E-state index in [0.717, 1.165) is 12.5 Å². The number of halogens is 1. The van der Waals surface area contributed by atoms with Gasteiger partial charge in [-0.15, -0.1) is 0 Å². The van der Waals surface area contributed by atoms with Crippen molar-refractivity contribution in [3.8, 4) is 0 Å². The lowest BCUT2D eigenvalue weighted by Gasteiger charge is -2.24. The second-order valence-electron chi connectivity index (χ2n) is 5.59. The van der Waals surface area contributed by atoms with Crippen molar-refractivity contribution >= 4 is 17.3 Å². The molecule has 1 saturated carbocycles. The molecule has 0 aromatic heterocycles. The summed E-state index contributed by atoms with van der Waals surface area (Å²) in [6.45, 7) is 2.93. The molecule has 1 atom stereocenters. The molecule has 1 aromatic rings. The van der Waals surface area contributed by atoms with Crippen LogP contribution in [0.5, 0.6) is 0 Å². The lowest BCUT2D eigenvalue weighted by molar-refractivity contribution is -0.116. The summed E-state index contributed by atoms with van der Waals surface area (Å²) in [7, 11) is 2.05. The fourth-order valence-electron chi connectivity index (χ4n) is 2.27. The van der Waals surface area contributed by atoms with Crippen molar-refractivity contribution < 1.29 is 9.18 Å². The van der Waals surface area contributed by atoms with Gasteiger partial charge in [0, 0.05) is 24.7 Å². The third kappa shape index (κ3) is 3.93. The third-order valence-corrected chi connectivity index (χ3v) is 3.97. The van der Waals surface area contributed by atoms with Crippen molar-refractivity contribution in [2.45, 2.75) is 32.2 Å². The van der Waals surface area contributed by atoms with Crippen LogP contribution in [0, 0.1) is 11.7 Å². The van der Waals surface area contributed by atoms with Gasteiger partial charge >= 0.3 is 0 Å². The molecule has 1 unspecified atom stereocenters. The number of carbonyl (C=O) groups excluding carboxylic acids is 1. The normalized spacial score (nSPS) is 16.2. The van der Waals surface area contributed by atoms with Gasteiger partial charge in [0.15, 0.2) is 0 Å². The fourth-order valence-corrected chi connectivity index (χ4v) is 2.27. The van der Waals surface area contributed by atoms with E-state index in [-0.39, 0.29) is 11.6 Å². The van der Waals surface area contributed by atoms with E-state index in [2.05, 4.69) is 17.1 Å². The Morgan fingerprint density at radius 1 is 1.55 bits per heavy atom. The van der Waals surface area contributed by atoms with Crippen LogP contribution in [0.3, 0.4) is 0 Å². The number of anilines is 2. The molecular weight excluding hydrogens is 257 g/mol. The highest BCUT2D eigenvalue weighted by Gasteiger charge is 2.30. The van der Waals surface area contributed by atoms with Crippen LogP contribution in [-0.4, -0.2) is 30.4 Å². The van der Waals surface area contributed by atoms with Crippen LogP contribution < -0.4 is 11.1 Å². The zero-order valence-electron chi connectivity index (χ0n) is 12.0. The van der Waals surface area contributed by atoms with Crippen molar-refractivity contribution in [3.05, 3.63) is 24.0 Å². The number of nitrogens with two attached hydrogens (primary N) is 1. The molecular formula is C15H22FN3O. The third-order valence-electron chi connectivity index (χ3n) is 3.97. The van der Waals surface area contributed by atoms with Crippen molar-refractivity contribution in [2.24, 2.45) is 5.92 Å². The topological polar surface area (TPSA) is 58.4 Å². The van der Waals surface area contributed by atoms with E-state index in [4.69, 9.17) is 5.73 Å². The summed E-state index contributed by atoms with van der Waals surface area (Å²) in [6, 6.07) is 4.74. The molecule has 3 N–H and O–H groups in total. The van der Waals surface area contributed by atoms with Gasteiger partial charge in [-0.2, -0.15) is 0 Å². The van der Waals surface area contributed by atoms with Crippen LogP contribution in [0.25, 0.3) is 0 Å². The van der Waals surface area contributed by atoms with E-state index in [0.29, 0.717) is 18.2 Å². The summed E-state index contributed by atoms with van der Waals surface area (Å²) < 4.78 is 13.0. The van der Waals surface area contributed by atoms with Crippen LogP contribution in [-0.2, 0) is 4.79 Å². The summed E-state index contributed by atoms with van der Waals surface area (Å²) >= 11 is 0. The number of benzene rings is 1. The highest BCUT2D eigenvalue weighted by molar-refractivity contribution is 5.91. The van der Waals surface area contributed by atoms with Gasteiger partial charge in [0.2, 0.25) is 5.91 Å². The summed E-state index contributed by atoms with van der Waals surface area (Å²) in [4.78, 5) is 14.1. The second-order valence-corrected chi connectivity index (χ2v) is 5.59. The van der Waals surface area contributed by atoms with Crippen molar-refractivity contribution in [2.75, 3.05) is 24.6 Å². The molecule has 0 spiro atoms. The Balaban J connectivity index is 1.78. The Kier molecular flexibility index (Phi) is 4.60. The zero-order chi connectivity index (χ0) is 14.7. The van der Waals surface area contributed by atoms with Crippen molar-refractivity contribution in [1.82, 2.24) is 4.90 Å². The summed E-state index contributed by atoms with van der Waals surface area (Å²) in [6.07, 6.45) is 3.02. The minimum absolute atomic E-state index is 0.0438. The first kappa shape index (κ1) is 14.8. The summed E-state index contributed by atoms with van der Waals surface area (Å²) in [5.74, 6) is 0.242. The van der Waals surface area contributed by atoms with Gasteiger partial charge in [0.05, 0.1) is 5.69 Å². The average Bonchev–Trinajstić information content (AvgIpc) is 3.24. The van der Waals surface area contributed by atoms with Gasteiger partial charge in [-0.25, -0.2) is 4.39 Å². The molecule has 1 aromatic carbocycles. The number of hydrogen-bond donors (Lipinski definition) is 2. The van der Waals surface area contributed by atoms with Gasteiger partial charge in [-0.05, 0) is 50.9 Å². The predicted molar refractivity (Wildman–Crippen MR) is 78.9 cm³/mol. The van der Waals surface area contributed by atoms with Crippen LogP contribution in [0.2, 0.25) is 0 Å². The fraction of sp³-hybridized carbons (Fsp3) is 0.533. The Hall–Kier alpha value is -1.62. The monoisotopic (exact) mass is 279 g/mol. The molecule has 0 saturated heterocycles. The molecule has 110 valence electrons. The second kappa shape index (κ2) is 6.22. The number of carbonyl (C=O) groups is 1. The van der Waals surface area contributed by atoms with Crippen molar-refractivity contribution in [1.29, 1.82) is 0 Å². The lowest BCUT2D eigenvalue weighted by Crippen LogP contribution is -2.33. The predicted octanol–water partition coefficient (Wildman–Crippen LogP) is 2.47. The molecule has 0 heterocycles. The molecule has 0 radical (unpaired) electrons. The minimum atomic E-state index is -0.471. The van der Waals surface area contributed by atoms with Gasteiger partial charge in [0.1, 0.15) is 5.82 Å². The van der Waals surface area contributed by atoms with E-state index in [1.165, 1.54) is 31.0 Å². The molecule has 20 heavy (non-hydrogen) atoms. The van der Waals surface area contributed by atoms with Gasteiger partial charge < -0.3 is 16.0 Å². The highest BCUT2D eigenvalue weighted by Crippen LogP contribution is 2.34. The lowest BCUT2D eigenvalue weighted by atomic mass is 10.2. The Morgan fingerprint density at radius 3 is 2.85 bits per heavy atom. The van der Waals surface area contributed by atoms with E-state index in [1.807, 2.05) is 7.05 Å². The Labute approximate surface area is 119 Å². The Bertz CT molecular complexity index is 488. The van der Waals surface area contributed by atoms with Gasteiger partial charge in [-0.1, -0.05) is 0 Å². The smallest absolute Gasteiger partial charge is 0.225 e. The number of nitrogen functional groups attached to an aromatic ring is 1. The number of hydrogen-bond acceptors (Lipinski definition) is 3. The number of amides is 1. The molecule has 0 aliphatic heterocycles. The van der Waals surface area contributed by atoms with E-state index in [1.54, 1.807) is 0 Å². The maximum Gasteiger partial charge on any atom is 0.225 e. The molecule has 2 rings (SSSR count). The minimum Gasteiger partial charge on any atom is -0.396 e. The summed E-state index contributed by atoms with van der Waals surface area (Å²) in [5.41, 5.74) is 6.04. The molecule has 5 heteroatoms. The SMILES string of the molecule is CC(C1CC1)N(C)CCC(=O)Nc1ccc(F)c(N)c1. The molecule has 1 amide bonds. The number of nitrogens with zero attached hydrogens (tertiary/aromatic N) is 1.